The molecule has 5 rings (SSSR count). The molecule has 0 saturated heterocycles. The van der Waals surface area contributed by atoms with Gasteiger partial charge in [0.1, 0.15) is 17.5 Å². The topological polar surface area (TPSA) is 138 Å². The van der Waals surface area contributed by atoms with Gasteiger partial charge in [0.25, 0.3) is 0 Å². The lowest BCUT2D eigenvalue weighted by atomic mass is 9.47. The van der Waals surface area contributed by atoms with Crippen LogP contribution in [0.5, 0.6) is 0 Å². The molecule has 7 heteroatoms. The maximum Gasteiger partial charge on any atom is 0.161 e. The third-order valence-electron chi connectivity index (χ3n) is 11.3. The Morgan fingerprint density at radius 2 is 1.68 bits per heavy atom. The third kappa shape index (κ3) is 4.51. The van der Waals surface area contributed by atoms with Crippen molar-refractivity contribution in [1.82, 2.24) is 0 Å². The summed E-state index contributed by atoms with van der Waals surface area (Å²) in [7, 11) is 0. The molecule has 5 aliphatic rings. The molecule has 7 nitrogen and oxygen atoms in total. The Hall–Kier alpha value is -0.990. The number of hydrogen-bond acceptors (Lipinski definition) is 7. The summed E-state index contributed by atoms with van der Waals surface area (Å²) >= 11 is 0. The van der Waals surface area contributed by atoms with E-state index in [4.69, 9.17) is 0 Å². The molecule has 37 heavy (non-hydrogen) atoms. The minimum absolute atomic E-state index is 0.0263. The van der Waals surface area contributed by atoms with E-state index in [1.165, 1.54) is 39.0 Å². The Balaban J connectivity index is 1.42. The number of hydrogen-bond donors (Lipinski definition) is 6. The zero-order chi connectivity index (χ0) is 26.8. The average Bonchev–Trinajstić information content (AvgIpc) is 2.81. The summed E-state index contributed by atoms with van der Waals surface area (Å²) in [4.78, 5) is 12.1. The molecule has 0 aromatic rings. The number of allylic oxidation sites excluding steroid dienone is 1. The van der Waals surface area contributed by atoms with Crippen molar-refractivity contribution in [2.45, 2.75) is 115 Å². The van der Waals surface area contributed by atoms with Gasteiger partial charge in [0, 0.05) is 24.2 Å². The first-order valence-corrected chi connectivity index (χ1v) is 14.8. The number of aliphatic hydroxyl groups is 6. The fraction of sp³-hybridized carbons (Fsp3) is 0.900. The van der Waals surface area contributed by atoms with Crippen molar-refractivity contribution >= 4 is 5.78 Å². The largest absolute Gasteiger partial charge is 0.512 e. The Bertz CT molecular complexity index is 900. The summed E-state index contributed by atoms with van der Waals surface area (Å²) in [5, 5.41) is 67.6. The van der Waals surface area contributed by atoms with Crippen molar-refractivity contribution in [1.29, 1.82) is 0 Å². The van der Waals surface area contributed by atoms with Crippen LogP contribution in [0.15, 0.2) is 11.3 Å². The molecule has 0 radical (unpaired) electrons. The number of carbonyl (C=O) groups excluding carboxylic acids is 1. The highest BCUT2D eigenvalue weighted by atomic mass is 16.4. The van der Waals surface area contributed by atoms with E-state index in [1.807, 2.05) is 0 Å². The third-order valence-corrected chi connectivity index (χ3v) is 11.3. The average molecular weight is 521 g/mol. The molecule has 0 aromatic heterocycles. The highest BCUT2D eigenvalue weighted by Crippen LogP contribution is 2.59. The van der Waals surface area contributed by atoms with Gasteiger partial charge in [0.2, 0.25) is 0 Å². The monoisotopic (exact) mass is 520 g/mol. The van der Waals surface area contributed by atoms with Gasteiger partial charge < -0.3 is 30.6 Å². The normalized spacial score (nSPS) is 50.3. The molecule has 0 amide bonds. The second-order valence-electron chi connectivity index (χ2n) is 13.8. The molecule has 10 unspecified atom stereocenters. The van der Waals surface area contributed by atoms with Crippen LogP contribution >= 0.6 is 0 Å². The van der Waals surface area contributed by atoms with E-state index < -0.39 is 47.6 Å². The lowest BCUT2D eigenvalue weighted by Crippen LogP contribution is -2.70. The predicted molar refractivity (Wildman–Crippen MR) is 138 cm³/mol. The maximum absolute atomic E-state index is 12.1. The first-order valence-electron chi connectivity index (χ1n) is 14.8. The van der Waals surface area contributed by atoms with E-state index in [1.54, 1.807) is 0 Å². The van der Waals surface area contributed by atoms with Crippen molar-refractivity contribution in [3.8, 4) is 0 Å². The standard InChI is InChI=1S/C30H48O7/c1-14(2)9-16-5-4-6-17(10-16)20-7-8-22(32)26-21(20)12-18-11-19-13-23(33)24(15(3)31)28(35)30(19,37)29(36)25(18)27(26)34/h14,16-22,25-29,32-37H,4-13H2,1-3H3/t16?,17?,18-,19+,20?,21?,22?,25?,26?,27?,28?,29?,30-/m1/s1. The molecule has 13 atom stereocenters. The molecule has 6 N–H and O–H groups in total. The second kappa shape index (κ2) is 10.2. The molecular formula is C30H48O7. The highest BCUT2D eigenvalue weighted by molar-refractivity contribution is 5.95. The van der Waals surface area contributed by atoms with Gasteiger partial charge in [-0.1, -0.05) is 33.1 Å². The number of rotatable bonds is 4. The zero-order valence-electron chi connectivity index (χ0n) is 22.7. The number of carbonyl (C=O) groups is 1. The zero-order valence-corrected chi connectivity index (χ0v) is 22.7. The van der Waals surface area contributed by atoms with Gasteiger partial charge in [-0.15, -0.1) is 0 Å². The van der Waals surface area contributed by atoms with Crippen LogP contribution in [0.4, 0.5) is 0 Å². The molecule has 0 aliphatic heterocycles. The number of ketones is 1. The van der Waals surface area contributed by atoms with Gasteiger partial charge in [-0.3, -0.25) is 4.79 Å². The molecule has 0 bridgehead atoms. The fourth-order valence-corrected chi connectivity index (χ4v) is 9.94. The first kappa shape index (κ1) is 27.6. The van der Waals surface area contributed by atoms with Gasteiger partial charge in [-0.05, 0) is 81.0 Å². The molecule has 0 heterocycles. The summed E-state index contributed by atoms with van der Waals surface area (Å²) in [6.45, 7) is 5.81. The van der Waals surface area contributed by atoms with Gasteiger partial charge in [0.05, 0.1) is 23.9 Å². The van der Waals surface area contributed by atoms with Crippen LogP contribution in [0.2, 0.25) is 0 Å². The minimum Gasteiger partial charge on any atom is -0.512 e. The van der Waals surface area contributed by atoms with Crippen LogP contribution in [-0.2, 0) is 4.79 Å². The van der Waals surface area contributed by atoms with Gasteiger partial charge >= 0.3 is 0 Å². The van der Waals surface area contributed by atoms with E-state index in [-0.39, 0.29) is 35.5 Å². The lowest BCUT2D eigenvalue weighted by molar-refractivity contribution is -0.260. The smallest absolute Gasteiger partial charge is 0.161 e. The second-order valence-corrected chi connectivity index (χ2v) is 13.8. The Morgan fingerprint density at radius 1 is 0.946 bits per heavy atom. The molecule has 5 aliphatic carbocycles. The maximum atomic E-state index is 12.1. The summed E-state index contributed by atoms with van der Waals surface area (Å²) in [6.07, 6.45) is 4.23. The Kier molecular flexibility index (Phi) is 7.60. The minimum atomic E-state index is -2.02. The first-order chi connectivity index (χ1) is 17.4. The summed E-state index contributed by atoms with van der Waals surface area (Å²) in [5.41, 5.74) is -2.26. The molecule has 4 saturated carbocycles. The van der Waals surface area contributed by atoms with E-state index >= 15 is 0 Å². The van der Waals surface area contributed by atoms with E-state index in [0.717, 1.165) is 18.8 Å². The van der Waals surface area contributed by atoms with Crippen molar-refractivity contribution < 1.29 is 35.4 Å². The van der Waals surface area contributed by atoms with Crippen molar-refractivity contribution in [2.75, 3.05) is 0 Å². The van der Waals surface area contributed by atoms with Crippen LogP contribution in [0, 0.1) is 53.3 Å². The molecule has 4 fully saturated rings. The molecular weight excluding hydrogens is 472 g/mol. The molecule has 210 valence electrons. The van der Waals surface area contributed by atoms with Crippen LogP contribution < -0.4 is 0 Å². The Morgan fingerprint density at radius 3 is 2.35 bits per heavy atom. The molecule has 0 aromatic carbocycles. The lowest BCUT2D eigenvalue weighted by Gasteiger charge is -2.61. The number of Topliss-reactive ketones (excluding diaryl/α,β-unsaturated/α-hetero) is 1. The van der Waals surface area contributed by atoms with Gasteiger partial charge in [0.15, 0.2) is 5.78 Å². The van der Waals surface area contributed by atoms with Crippen molar-refractivity contribution in [2.24, 2.45) is 53.3 Å². The number of fused-ring (bicyclic) bond motifs is 3. The van der Waals surface area contributed by atoms with Gasteiger partial charge in [-0.2, -0.15) is 0 Å². The molecule has 0 spiro atoms. The fourth-order valence-electron chi connectivity index (χ4n) is 9.94. The predicted octanol–water partition coefficient (Wildman–Crippen LogP) is 3.12. The summed E-state index contributed by atoms with van der Waals surface area (Å²) in [6, 6.07) is 0. The quantitative estimate of drug-likeness (QED) is 0.335. The SMILES string of the molecule is CC(=O)C1=C(O)C[C@@H]2C[C@@H]3CC4C(C5CCCC(CC(C)C)C5)CCC(O)C4C(O)C3C(O)[C@]2(O)C1O. The van der Waals surface area contributed by atoms with E-state index in [9.17, 15) is 35.4 Å². The van der Waals surface area contributed by atoms with Crippen LogP contribution in [0.3, 0.4) is 0 Å². The van der Waals surface area contributed by atoms with Crippen LogP contribution in [-0.4, -0.2) is 66.4 Å². The summed E-state index contributed by atoms with van der Waals surface area (Å²) < 4.78 is 0. The highest BCUT2D eigenvalue weighted by Gasteiger charge is 2.65. The van der Waals surface area contributed by atoms with Crippen LogP contribution in [0.1, 0.15) is 85.0 Å². The van der Waals surface area contributed by atoms with Gasteiger partial charge in [-0.25, -0.2) is 0 Å². The van der Waals surface area contributed by atoms with E-state index in [0.29, 0.717) is 30.6 Å². The van der Waals surface area contributed by atoms with E-state index in [2.05, 4.69) is 13.8 Å². The van der Waals surface area contributed by atoms with Crippen LogP contribution in [0.25, 0.3) is 0 Å². The van der Waals surface area contributed by atoms with Crippen molar-refractivity contribution in [3.05, 3.63) is 11.3 Å². The Labute approximate surface area is 221 Å². The number of aliphatic hydroxyl groups excluding tert-OH is 5. The van der Waals surface area contributed by atoms with Crippen molar-refractivity contribution in [3.63, 3.8) is 0 Å². The summed E-state index contributed by atoms with van der Waals surface area (Å²) in [5.74, 6) is 0.113.